The molecule has 0 N–H and O–H groups in total. The molecule has 0 spiro atoms. The fraction of sp³-hybridized carbons (Fsp3) is 0.314. The molecule has 0 unspecified atom stereocenters. The minimum atomic E-state index is 0.737. The molecule has 6 heterocycles. The molecule has 4 aliphatic rings. The molecule has 2 saturated heterocycles. The van der Waals surface area contributed by atoms with Crippen LogP contribution in [0.1, 0.15) is 38.9 Å². The Kier molecular flexibility index (Phi) is 8.50. The minimum Gasteiger partial charge on any atom is -0.378 e. The fourth-order valence-electron chi connectivity index (χ4n) is 6.12. The first-order valence-corrected chi connectivity index (χ1v) is 16.0. The SMILES string of the molecule is Brc1cccc2c1CN=C2c1ccnc(N2CCOCC2)c1.Cc1cccc2c1CN=C2c1ccnc(N2CCOCC2)c1. The quantitative estimate of drug-likeness (QED) is 0.286. The van der Waals surface area contributed by atoms with Crippen molar-refractivity contribution in [1.82, 2.24) is 9.97 Å². The molecule has 0 aliphatic carbocycles. The largest absolute Gasteiger partial charge is 0.378 e. The second-order valence-corrected chi connectivity index (χ2v) is 12.1. The zero-order valence-corrected chi connectivity index (χ0v) is 26.5. The fourth-order valence-corrected chi connectivity index (χ4v) is 6.61. The number of hydrogen-bond acceptors (Lipinski definition) is 8. The van der Waals surface area contributed by atoms with Gasteiger partial charge in [0, 0.05) is 65.3 Å². The normalized spacial score (nSPS) is 17.3. The third-order valence-corrected chi connectivity index (χ3v) is 9.28. The molecule has 0 atom stereocenters. The predicted octanol–water partition coefficient (Wildman–Crippen LogP) is 5.61. The number of aromatic nitrogens is 2. The number of nitrogens with zero attached hydrogens (tertiary/aromatic N) is 6. The van der Waals surface area contributed by atoms with Crippen LogP contribution in [-0.2, 0) is 22.6 Å². The van der Waals surface area contributed by atoms with Crippen molar-refractivity contribution in [2.45, 2.75) is 20.0 Å². The van der Waals surface area contributed by atoms with Gasteiger partial charge in [-0.1, -0.05) is 46.3 Å². The Morgan fingerprint density at radius 3 is 1.70 bits per heavy atom. The van der Waals surface area contributed by atoms with Crippen LogP contribution in [0.4, 0.5) is 11.6 Å². The molecule has 2 fully saturated rings. The molecule has 2 aromatic heterocycles. The average Bonchev–Trinajstić information content (AvgIpc) is 3.73. The molecule has 0 bridgehead atoms. The lowest BCUT2D eigenvalue weighted by Crippen LogP contribution is -2.36. The van der Waals surface area contributed by atoms with E-state index in [-0.39, 0.29) is 0 Å². The second-order valence-electron chi connectivity index (χ2n) is 11.2. The number of rotatable bonds is 4. The van der Waals surface area contributed by atoms with E-state index in [1.165, 1.54) is 27.8 Å². The molecule has 0 radical (unpaired) electrons. The Bertz CT molecular complexity index is 1600. The highest BCUT2D eigenvalue weighted by molar-refractivity contribution is 9.10. The maximum atomic E-state index is 5.42. The Hall–Kier alpha value is -3.92. The van der Waals surface area contributed by atoms with Crippen molar-refractivity contribution >= 4 is 39.0 Å². The van der Waals surface area contributed by atoms with Crippen LogP contribution in [0.5, 0.6) is 0 Å². The molecule has 4 aromatic rings. The van der Waals surface area contributed by atoms with Gasteiger partial charge in [0.05, 0.1) is 50.9 Å². The van der Waals surface area contributed by atoms with E-state index in [9.17, 15) is 0 Å². The van der Waals surface area contributed by atoms with Gasteiger partial charge in [0.15, 0.2) is 0 Å². The predicted molar refractivity (Wildman–Crippen MR) is 179 cm³/mol. The number of aryl methyl sites for hydroxylation is 1. The summed E-state index contributed by atoms with van der Waals surface area (Å²) in [5.41, 5.74) is 10.9. The van der Waals surface area contributed by atoms with E-state index in [4.69, 9.17) is 19.5 Å². The Balaban J connectivity index is 0.000000142. The van der Waals surface area contributed by atoms with E-state index in [1.54, 1.807) is 0 Å². The van der Waals surface area contributed by atoms with Crippen LogP contribution >= 0.6 is 15.9 Å². The Morgan fingerprint density at radius 2 is 1.14 bits per heavy atom. The van der Waals surface area contributed by atoms with Crippen LogP contribution in [-0.4, -0.2) is 74.0 Å². The molecule has 4 aliphatic heterocycles. The highest BCUT2D eigenvalue weighted by Gasteiger charge is 2.22. The van der Waals surface area contributed by atoms with Crippen LogP contribution in [0.15, 0.2) is 87.5 Å². The average molecular weight is 652 g/mol. The Morgan fingerprint density at radius 1 is 0.636 bits per heavy atom. The summed E-state index contributed by atoms with van der Waals surface area (Å²) in [7, 11) is 0. The summed E-state index contributed by atoms with van der Waals surface area (Å²) in [5.74, 6) is 2.02. The highest BCUT2D eigenvalue weighted by Crippen LogP contribution is 2.30. The van der Waals surface area contributed by atoms with E-state index in [0.29, 0.717) is 0 Å². The molecule has 0 saturated carbocycles. The molecule has 2 aromatic carbocycles. The molecule has 8 rings (SSSR count). The number of morpholine rings is 2. The van der Waals surface area contributed by atoms with Crippen molar-refractivity contribution in [3.63, 3.8) is 0 Å². The van der Waals surface area contributed by atoms with Crippen LogP contribution in [0.3, 0.4) is 0 Å². The van der Waals surface area contributed by atoms with Crippen molar-refractivity contribution in [3.05, 3.63) is 116 Å². The summed E-state index contributed by atoms with van der Waals surface area (Å²) in [5, 5.41) is 0. The molecule has 9 heteroatoms. The number of pyridine rings is 2. The van der Waals surface area contributed by atoms with E-state index in [1.807, 2.05) is 18.5 Å². The number of fused-ring (bicyclic) bond motifs is 2. The number of anilines is 2. The first-order chi connectivity index (χ1) is 21.7. The van der Waals surface area contributed by atoms with Crippen LogP contribution < -0.4 is 9.80 Å². The molecule has 224 valence electrons. The lowest BCUT2D eigenvalue weighted by molar-refractivity contribution is 0.122. The van der Waals surface area contributed by atoms with E-state index >= 15 is 0 Å². The van der Waals surface area contributed by atoms with Gasteiger partial charge in [-0.3, -0.25) is 9.98 Å². The number of ether oxygens (including phenoxy) is 2. The summed E-state index contributed by atoms with van der Waals surface area (Å²) in [6, 6.07) is 21.1. The van der Waals surface area contributed by atoms with Crippen LogP contribution in [0.2, 0.25) is 0 Å². The molecule has 8 nitrogen and oxygen atoms in total. The minimum absolute atomic E-state index is 0.737. The summed E-state index contributed by atoms with van der Waals surface area (Å²) in [4.78, 5) is 23.1. The van der Waals surface area contributed by atoms with Gasteiger partial charge < -0.3 is 19.3 Å². The number of hydrogen-bond donors (Lipinski definition) is 0. The summed E-state index contributed by atoms with van der Waals surface area (Å²) >= 11 is 3.62. The van der Waals surface area contributed by atoms with Crippen molar-refractivity contribution in [3.8, 4) is 0 Å². The van der Waals surface area contributed by atoms with E-state index < -0.39 is 0 Å². The maximum absolute atomic E-state index is 5.42. The molecule has 44 heavy (non-hydrogen) atoms. The monoisotopic (exact) mass is 650 g/mol. The second kappa shape index (κ2) is 13.0. The van der Waals surface area contributed by atoms with Gasteiger partial charge >= 0.3 is 0 Å². The maximum Gasteiger partial charge on any atom is 0.129 e. The van der Waals surface area contributed by atoms with Crippen molar-refractivity contribution < 1.29 is 9.47 Å². The number of halogens is 1. The van der Waals surface area contributed by atoms with Crippen LogP contribution in [0, 0.1) is 6.92 Å². The highest BCUT2D eigenvalue weighted by atomic mass is 79.9. The van der Waals surface area contributed by atoms with Crippen LogP contribution in [0.25, 0.3) is 0 Å². The molecular weight excluding hydrogens is 616 g/mol. The lowest BCUT2D eigenvalue weighted by atomic mass is 9.97. The molecule has 0 amide bonds. The zero-order valence-electron chi connectivity index (χ0n) is 24.9. The smallest absolute Gasteiger partial charge is 0.129 e. The van der Waals surface area contributed by atoms with Gasteiger partial charge in [0.2, 0.25) is 0 Å². The van der Waals surface area contributed by atoms with E-state index in [2.05, 4.69) is 97.2 Å². The van der Waals surface area contributed by atoms with Gasteiger partial charge in [-0.2, -0.15) is 0 Å². The summed E-state index contributed by atoms with van der Waals surface area (Å²) < 4.78 is 12.0. The molecular formula is C35H35BrN6O2. The summed E-state index contributed by atoms with van der Waals surface area (Å²) in [6.45, 7) is 10.3. The zero-order chi connectivity index (χ0) is 29.9. The number of benzene rings is 2. The summed E-state index contributed by atoms with van der Waals surface area (Å²) in [6.07, 6.45) is 3.76. The Labute approximate surface area is 266 Å². The third kappa shape index (κ3) is 5.92. The standard InChI is InChI=1S/C18H19N3O.C17H16BrN3O/c1-13-3-2-4-15-16(13)12-20-18(15)14-5-6-19-17(11-14)21-7-9-22-10-8-21;18-15-3-1-2-13-14(15)11-20-17(13)12-4-5-19-16(10-12)21-6-8-22-9-7-21/h2-6,11H,7-10,12H2,1H3;1-5,10H,6-9,11H2. The lowest BCUT2D eigenvalue weighted by Gasteiger charge is -2.28. The van der Waals surface area contributed by atoms with Gasteiger partial charge in [-0.15, -0.1) is 0 Å². The van der Waals surface area contributed by atoms with Gasteiger partial charge in [-0.05, 0) is 53.9 Å². The number of aliphatic imine (C=N–C) groups is 2. The van der Waals surface area contributed by atoms with Crippen molar-refractivity contribution in [2.75, 3.05) is 62.4 Å². The van der Waals surface area contributed by atoms with E-state index in [0.717, 1.165) is 104 Å². The van der Waals surface area contributed by atoms with Gasteiger partial charge in [0.25, 0.3) is 0 Å². The van der Waals surface area contributed by atoms with Crippen molar-refractivity contribution in [1.29, 1.82) is 0 Å². The first kappa shape index (κ1) is 28.8. The first-order valence-electron chi connectivity index (χ1n) is 15.2. The third-order valence-electron chi connectivity index (χ3n) is 8.54. The van der Waals surface area contributed by atoms with Crippen molar-refractivity contribution in [2.24, 2.45) is 9.98 Å². The van der Waals surface area contributed by atoms with Gasteiger partial charge in [0.1, 0.15) is 11.6 Å². The topological polar surface area (TPSA) is 75.4 Å². The van der Waals surface area contributed by atoms with Gasteiger partial charge in [-0.25, -0.2) is 9.97 Å².